The lowest BCUT2D eigenvalue weighted by Gasteiger charge is -2.15. The quantitative estimate of drug-likeness (QED) is 0.469. The molecule has 3 rings (SSSR count). The maximum Gasteiger partial charge on any atom is 0.255 e. The third-order valence-electron chi connectivity index (χ3n) is 5.14. The van der Waals surface area contributed by atoms with Crippen molar-refractivity contribution in [2.45, 2.75) is 26.8 Å². The molecule has 0 radical (unpaired) electrons. The van der Waals surface area contributed by atoms with Gasteiger partial charge in [-0.3, -0.25) is 9.59 Å². The van der Waals surface area contributed by atoms with Gasteiger partial charge in [0.05, 0.1) is 6.61 Å². The van der Waals surface area contributed by atoms with E-state index in [1.54, 1.807) is 18.2 Å². The average molecular weight is 425 g/mol. The molecule has 2 aromatic rings. The molecule has 7 heteroatoms. The highest BCUT2D eigenvalue weighted by Crippen LogP contribution is 2.23. The average Bonchev–Trinajstić information content (AvgIpc) is 3.26. The maximum atomic E-state index is 12.7. The molecule has 0 aromatic heterocycles. The SMILES string of the molecule is CC(C)COc1cc(CNCC2CCNC2)cc(NC(=O)c2cccc(C(N)=O)c2)c1. The Hall–Kier alpha value is -2.90. The number of amides is 2. The number of hydrogen-bond donors (Lipinski definition) is 4. The second-order valence-corrected chi connectivity index (χ2v) is 8.46. The molecule has 2 amide bonds. The standard InChI is InChI=1S/C24H32N4O3/c1-16(2)15-31-22-9-18(14-27-13-17-6-7-26-12-17)8-21(11-22)28-24(30)20-5-3-4-19(10-20)23(25)29/h3-5,8-11,16-17,26-27H,6-7,12-15H2,1-2H3,(H2,25,29)(H,28,30). The summed E-state index contributed by atoms with van der Waals surface area (Å²) in [6.07, 6.45) is 1.19. The minimum absolute atomic E-state index is 0.299. The highest BCUT2D eigenvalue weighted by molar-refractivity contribution is 6.06. The zero-order valence-corrected chi connectivity index (χ0v) is 18.2. The van der Waals surface area contributed by atoms with E-state index in [2.05, 4.69) is 29.8 Å². The van der Waals surface area contributed by atoms with Gasteiger partial charge in [-0.15, -0.1) is 0 Å². The van der Waals surface area contributed by atoms with Crippen molar-refractivity contribution in [2.75, 3.05) is 31.6 Å². The summed E-state index contributed by atoms with van der Waals surface area (Å²) in [6, 6.07) is 12.1. The van der Waals surface area contributed by atoms with Crippen molar-refractivity contribution < 1.29 is 14.3 Å². The first-order chi connectivity index (χ1) is 14.9. The first-order valence-electron chi connectivity index (χ1n) is 10.8. The van der Waals surface area contributed by atoms with Crippen molar-refractivity contribution in [1.29, 1.82) is 0 Å². The summed E-state index contributed by atoms with van der Waals surface area (Å²) in [5.41, 5.74) is 7.68. The molecule has 1 unspecified atom stereocenters. The van der Waals surface area contributed by atoms with Gasteiger partial charge in [-0.2, -0.15) is 0 Å². The fourth-order valence-corrected chi connectivity index (χ4v) is 3.51. The summed E-state index contributed by atoms with van der Waals surface area (Å²) in [5, 5.41) is 9.80. The summed E-state index contributed by atoms with van der Waals surface area (Å²) in [5.74, 6) is 0.893. The lowest BCUT2D eigenvalue weighted by Crippen LogP contribution is -2.24. The Balaban J connectivity index is 1.71. The van der Waals surface area contributed by atoms with Crippen LogP contribution in [0.4, 0.5) is 5.69 Å². The first kappa shape index (κ1) is 22.8. The van der Waals surface area contributed by atoms with E-state index >= 15 is 0 Å². The number of carbonyl (C=O) groups excluding carboxylic acids is 2. The summed E-state index contributed by atoms with van der Waals surface area (Å²) in [7, 11) is 0. The molecule has 5 N–H and O–H groups in total. The van der Waals surface area contributed by atoms with Crippen LogP contribution >= 0.6 is 0 Å². The second kappa shape index (κ2) is 10.9. The number of anilines is 1. The Morgan fingerprint density at radius 2 is 2.00 bits per heavy atom. The monoisotopic (exact) mass is 424 g/mol. The Bertz CT molecular complexity index is 907. The van der Waals surface area contributed by atoms with Crippen LogP contribution in [0.5, 0.6) is 5.75 Å². The van der Waals surface area contributed by atoms with Crippen LogP contribution in [0.3, 0.4) is 0 Å². The topological polar surface area (TPSA) is 105 Å². The number of benzene rings is 2. The van der Waals surface area contributed by atoms with Crippen LogP contribution in [0.2, 0.25) is 0 Å². The minimum Gasteiger partial charge on any atom is -0.493 e. The first-order valence-corrected chi connectivity index (χ1v) is 10.8. The van der Waals surface area contributed by atoms with Gasteiger partial charge < -0.3 is 26.4 Å². The molecule has 1 aliphatic heterocycles. The van der Waals surface area contributed by atoms with Crippen LogP contribution in [0, 0.1) is 11.8 Å². The fraction of sp³-hybridized carbons (Fsp3) is 0.417. The lowest BCUT2D eigenvalue weighted by atomic mass is 10.1. The van der Waals surface area contributed by atoms with E-state index in [4.69, 9.17) is 10.5 Å². The van der Waals surface area contributed by atoms with Crippen LogP contribution in [0.15, 0.2) is 42.5 Å². The number of hydrogen-bond acceptors (Lipinski definition) is 5. The van der Waals surface area contributed by atoms with E-state index in [0.717, 1.165) is 30.9 Å². The molecule has 7 nitrogen and oxygen atoms in total. The maximum absolute atomic E-state index is 12.7. The van der Waals surface area contributed by atoms with Crippen LogP contribution in [0.1, 0.15) is 46.5 Å². The van der Waals surface area contributed by atoms with E-state index in [0.29, 0.717) is 41.8 Å². The summed E-state index contributed by atoms with van der Waals surface area (Å²) < 4.78 is 5.92. The van der Waals surface area contributed by atoms with Crippen molar-refractivity contribution in [2.24, 2.45) is 17.6 Å². The molecule has 1 saturated heterocycles. The van der Waals surface area contributed by atoms with Crippen LogP contribution < -0.4 is 26.4 Å². The summed E-state index contributed by atoms with van der Waals surface area (Å²) in [4.78, 5) is 24.1. The predicted octanol–water partition coefficient (Wildman–Crippen LogP) is 2.77. The van der Waals surface area contributed by atoms with Gasteiger partial charge >= 0.3 is 0 Å². The molecule has 0 aliphatic carbocycles. The van der Waals surface area contributed by atoms with E-state index in [1.165, 1.54) is 12.5 Å². The number of carbonyl (C=O) groups is 2. The van der Waals surface area contributed by atoms with Crippen molar-refractivity contribution >= 4 is 17.5 Å². The third-order valence-corrected chi connectivity index (χ3v) is 5.14. The van der Waals surface area contributed by atoms with Gasteiger partial charge in [0.2, 0.25) is 5.91 Å². The molecule has 1 fully saturated rings. The number of primary amides is 1. The highest BCUT2D eigenvalue weighted by Gasteiger charge is 2.14. The molecule has 0 bridgehead atoms. The molecule has 1 atom stereocenters. The highest BCUT2D eigenvalue weighted by atomic mass is 16.5. The van der Waals surface area contributed by atoms with Gasteiger partial charge in [0.1, 0.15) is 5.75 Å². The Morgan fingerprint density at radius 3 is 2.71 bits per heavy atom. The second-order valence-electron chi connectivity index (χ2n) is 8.46. The molecule has 1 heterocycles. The number of rotatable bonds is 10. The van der Waals surface area contributed by atoms with Crippen molar-refractivity contribution in [3.05, 3.63) is 59.2 Å². The molecule has 0 spiro atoms. The van der Waals surface area contributed by atoms with Gasteiger partial charge in [0.25, 0.3) is 5.91 Å². The lowest BCUT2D eigenvalue weighted by molar-refractivity contribution is 0.1000. The van der Waals surface area contributed by atoms with Gasteiger partial charge in [0, 0.05) is 29.4 Å². The van der Waals surface area contributed by atoms with E-state index in [1.807, 2.05) is 18.2 Å². The zero-order chi connectivity index (χ0) is 22.2. The smallest absolute Gasteiger partial charge is 0.255 e. The van der Waals surface area contributed by atoms with E-state index in [9.17, 15) is 9.59 Å². The van der Waals surface area contributed by atoms with Crippen molar-refractivity contribution in [1.82, 2.24) is 10.6 Å². The molecule has 166 valence electrons. The normalized spacial score (nSPS) is 15.8. The van der Waals surface area contributed by atoms with E-state index < -0.39 is 5.91 Å². The van der Waals surface area contributed by atoms with Crippen molar-refractivity contribution in [3.63, 3.8) is 0 Å². The van der Waals surface area contributed by atoms with Gasteiger partial charge in [-0.1, -0.05) is 19.9 Å². The summed E-state index contributed by atoms with van der Waals surface area (Å²) in [6.45, 7) is 8.55. The molecule has 0 saturated carbocycles. The zero-order valence-electron chi connectivity index (χ0n) is 18.2. The largest absolute Gasteiger partial charge is 0.493 e. The Morgan fingerprint density at radius 1 is 1.19 bits per heavy atom. The van der Waals surface area contributed by atoms with Crippen molar-refractivity contribution in [3.8, 4) is 5.75 Å². The fourth-order valence-electron chi connectivity index (χ4n) is 3.51. The molecule has 1 aliphatic rings. The van der Waals surface area contributed by atoms with Gasteiger partial charge in [-0.05, 0) is 73.8 Å². The number of ether oxygens (including phenoxy) is 1. The van der Waals surface area contributed by atoms with Gasteiger partial charge in [0.15, 0.2) is 0 Å². The Labute approximate surface area is 183 Å². The molecular formula is C24H32N4O3. The Kier molecular flexibility index (Phi) is 8.03. The molecule has 2 aromatic carbocycles. The van der Waals surface area contributed by atoms with Crippen LogP contribution in [-0.4, -0.2) is 38.1 Å². The van der Waals surface area contributed by atoms with E-state index in [-0.39, 0.29) is 5.91 Å². The summed E-state index contributed by atoms with van der Waals surface area (Å²) >= 11 is 0. The number of nitrogens with two attached hydrogens (primary N) is 1. The minimum atomic E-state index is -0.565. The van der Waals surface area contributed by atoms with Crippen LogP contribution in [-0.2, 0) is 6.54 Å². The third kappa shape index (κ3) is 7.08. The number of nitrogens with one attached hydrogen (secondary N) is 3. The van der Waals surface area contributed by atoms with Gasteiger partial charge in [-0.25, -0.2) is 0 Å². The predicted molar refractivity (Wildman–Crippen MR) is 122 cm³/mol. The van der Waals surface area contributed by atoms with Crippen LogP contribution in [0.25, 0.3) is 0 Å². The molecular weight excluding hydrogens is 392 g/mol. The molecule has 31 heavy (non-hydrogen) atoms.